The number of rotatable bonds is 35. The number of carboxylic acids is 1. The van der Waals surface area contributed by atoms with Gasteiger partial charge in [-0.3, -0.25) is 9.59 Å². The predicted molar refractivity (Wildman–Crippen MR) is 197 cm³/mol. The summed E-state index contributed by atoms with van der Waals surface area (Å²) in [6.45, 7) is 4.67. The summed E-state index contributed by atoms with van der Waals surface area (Å²) in [5.41, 5.74) is 0. The lowest BCUT2D eigenvalue weighted by atomic mass is 10.0. The van der Waals surface area contributed by atoms with Gasteiger partial charge in [-0.2, -0.15) is 0 Å². The van der Waals surface area contributed by atoms with Gasteiger partial charge in [0.25, 0.3) is 0 Å². The number of ether oxygens (including phenoxy) is 3. The summed E-state index contributed by atoms with van der Waals surface area (Å²) in [4.78, 5) is 36.7. The molecule has 0 aromatic rings. The molecule has 0 saturated heterocycles. The second kappa shape index (κ2) is 32.3. The third-order valence-corrected chi connectivity index (χ3v) is 8.91. The molecule has 8 nitrogen and oxygen atoms in total. The lowest BCUT2D eigenvalue weighted by molar-refractivity contribution is -0.887. The van der Waals surface area contributed by atoms with E-state index < -0.39 is 18.1 Å². The van der Waals surface area contributed by atoms with E-state index in [1.165, 1.54) is 103 Å². The number of unbranched alkanes of at least 4 members (excludes halogenated alkanes) is 19. The quantitative estimate of drug-likeness (QED) is 0.0307. The number of nitrogens with zero attached hydrogens (tertiary/aromatic N) is 1. The van der Waals surface area contributed by atoms with Crippen molar-refractivity contribution in [1.29, 1.82) is 0 Å². The highest BCUT2D eigenvalue weighted by Gasteiger charge is 2.31. The molecule has 0 aromatic carbocycles. The van der Waals surface area contributed by atoms with Crippen LogP contribution < -0.4 is 0 Å². The molecule has 0 radical (unpaired) electrons. The first-order valence-corrected chi connectivity index (χ1v) is 19.7. The molecule has 8 heteroatoms. The number of aliphatic carboxylic acids is 1. The van der Waals surface area contributed by atoms with Crippen LogP contribution in [0.5, 0.6) is 0 Å². The molecule has 0 bridgehead atoms. The molecular weight excluding hydrogens is 606 g/mol. The zero-order valence-electron chi connectivity index (χ0n) is 32.0. The van der Waals surface area contributed by atoms with Gasteiger partial charge >= 0.3 is 17.9 Å². The minimum atomic E-state index is -0.878. The van der Waals surface area contributed by atoms with Gasteiger partial charge in [0, 0.05) is 19.3 Å². The molecule has 0 heterocycles. The van der Waals surface area contributed by atoms with Crippen molar-refractivity contribution in [1.82, 2.24) is 0 Å². The molecule has 0 rings (SSSR count). The van der Waals surface area contributed by atoms with Crippen LogP contribution in [0, 0.1) is 0 Å². The standard InChI is InChI=1S/C40H75NO7/c1-6-8-10-12-14-16-17-18-19-20-21-23-24-26-28-30-38(42)47-35-36(34-46-33-32-37(40(44)45)41(3,4)5)48-39(43)31-29-27-25-22-15-13-11-9-7-2/h22,25,36-37H,6-21,23-24,26-35H2,1-5H3/p+1/b25-22+. The van der Waals surface area contributed by atoms with E-state index in [4.69, 9.17) is 14.2 Å². The van der Waals surface area contributed by atoms with E-state index in [0.717, 1.165) is 32.1 Å². The van der Waals surface area contributed by atoms with E-state index in [1.807, 2.05) is 21.1 Å². The molecule has 0 saturated carbocycles. The Bertz CT molecular complexity index is 808. The van der Waals surface area contributed by atoms with E-state index >= 15 is 0 Å². The molecule has 0 spiro atoms. The van der Waals surface area contributed by atoms with E-state index in [2.05, 4.69) is 26.0 Å². The monoisotopic (exact) mass is 683 g/mol. The largest absolute Gasteiger partial charge is 0.477 e. The fourth-order valence-corrected chi connectivity index (χ4v) is 5.80. The molecule has 2 atom stereocenters. The summed E-state index contributed by atoms with van der Waals surface area (Å²) >= 11 is 0. The summed E-state index contributed by atoms with van der Waals surface area (Å²) < 4.78 is 17.1. The van der Waals surface area contributed by atoms with Crippen LogP contribution in [0.3, 0.4) is 0 Å². The lowest BCUT2D eigenvalue weighted by Gasteiger charge is -2.31. The van der Waals surface area contributed by atoms with Crippen LogP contribution in [0.15, 0.2) is 12.2 Å². The highest BCUT2D eigenvalue weighted by Crippen LogP contribution is 2.15. The normalized spacial score (nSPS) is 13.1. The van der Waals surface area contributed by atoms with Crippen LogP contribution in [0.1, 0.15) is 174 Å². The number of carbonyl (C=O) groups excluding carboxylic acids is 2. The second-order valence-corrected chi connectivity index (χ2v) is 14.5. The Balaban J connectivity index is 4.35. The summed E-state index contributed by atoms with van der Waals surface area (Å²) in [5, 5.41) is 9.57. The fourth-order valence-electron chi connectivity index (χ4n) is 5.80. The Morgan fingerprint density at radius 3 is 1.56 bits per heavy atom. The van der Waals surface area contributed by atoms with Crippen molar-refractivity contribution in [2.45, 2.75) is 187 Å². The first kappa shape index (κ1) is 46.1. The van der Waals surface area contributed by atoms with Crippen molar-refractivity contribution in [2.75, 3.05) is 41.0 Å². The van der Waals surface area contributed by atoms with Crippen molar-refractivity contribution < 1.29 is 38.2 Å². The summed E-state index contributed by atoms with van der Waals surface area (Å²) in [6.07, 6.45) is 31.2. The maximum atomic E-state index is 12.6. The van der Waals surface area contributed by atoms with Gasteiger partial charge in [0.2, 0.25) is 0 Å². The van der Waals surface area contributed by atoms with Gasteiger partial charge in [-0.15, -0.1) is 0 Å². The average Bonchev–Trinajstić information content (AvgIpc) is 3.03. The zero-order chi connectivity index (χ0) is 35.7. The highest BCUT2D eigenvalue weighted by molar-refractivity contribution is 5.72. The Morgan fingerprint density at radius 1 is 0.604 bits per heavy atom. The Hall–Kier alpha value is -1.93. The Kier molecular flexibility index (Phi) is 31.0. The fraction of sp³-hybridized carbons (Fsp3) is 0.875. The van der Waals surface area contributed by atoms with Crippen LogP contribution in [0.4, 0.5) is 0 Å². The lowest BCUT2D eigenvalue weighted by Crippen LogP contribution is -2.50. The second-order valence-electron chi connectivity index (χ2n) is 14.5. The van der Waals surface area contributed by atoms with E-state index in [-0.39, 0.29) is 42.7 Å². The Labute approximate surface area is 295 Å². The minimum absolute atomic E-state index is 0.0547. The number of likely N-dealkylation sites (N-methyl/N-ethyl adjacent to an activating group) is 1. The van der Waals surface area contributed by atoms with E-state index in [1.54, 1.807) is 0 Å². The van der Waals surface area contributed by atoms with Crippen molar-refractivity contribution in [3.8, 4) is 0 Å². The maximum Gasteiger partial charge on any atom is 0.362 e. The molecule has 0 aliphatic carbocycles. The van der Waals surface area contributed by atoms with Gasteiger partial charge in [-0.1, -0.05) is 135 Å². The van der Waals surface area contributed by atoms with Crippen LogP contribution >= 0.6 is 0 Å². The first-order chi connectivity index (χ1) is 23.1. The number of carboxylic acid groups (broad SMARTS) is 1. The number of allylic oxidation sites excluding steroid dienone is 2. The molecule has 0 aliphatic heterocycles. The molecule has 1 N–H and O–H groups in total. The predicted octanol–water partition coefficient (Wildman–Crippen LogP) is 9.97. The summed E-state index contributed by atoms with van der Waals surface area (Å²) in [5.74, 6) is -1.50. The SMILES string of the molecule is CCCCCC/C=C/CCCC(=O)OC(COCCC(C(=O)O)[N+](C)(C)C)COC(=O)CCCCCCCCCCCCCCCCC. The van der Waals surface area contributed by atoms with E-state index in [0.29, 0.717) is 19.3 Å². The molecule has 0 amide bonds. The zero-order valence-corrected chi connectivity index (χ0v) is 32.0. The van der Waals surface area contributed by atoms with Crippen molar-refractivity contribution >= 4 is 17.9 Å². The molecule has 0 aromatic heterocycles. The number of hydrogen-bond donors (Lipinski definition) is 1. The van der Waals surface area contributed by atoms with Crippen LogP contribution in [-0.4, -0.2) is 80.6 Å². The highest BCUT2D eigenvalue weighted by atomic mass is 16.6. The number of hydrogen-bond acceptors (Lipinski definition) is 6. The summed E-state index contributed by atoms with van der Waals surface area (Å²) in [6, 6.07) is -0.613. The van der Waals surface area contributed by atoms with Gasteiger partial charge in [-0.05, 0) is 32.1 Å². The van der Waals surface area contributed by atoms with Gasteiger partial charge in [0.15, 0.2) is 12.1 Å². The topological polar surface area (TPSA) is 99.1 Å². The molecule has 48 heavy (non-hydrogen) atoms. The smallest absolute Gasteiger partial charge is 0.362 e. The molecular formula is C40H76NO7+. The number of quaternary nitrogens is 1. The van der Waals surface area contributed by atoms with Crippen molar-refractivity contribution in [2.24, 2.45) is 0 Å². The molecule has 2 unspecified atom stereocenters. The van der Waals surface area contributed by atoms with Crippen LogP contribution in [0.25, 0.3) is 0 Å². The third-order valence-electron chi connectivity index (χ3n) is 8.91. The van der Waals surface area contributed by atoms with Crippen LogP contribution in [-0.2, 0) is 28.6 Å². The average molecular weight is 683 g/mol. The van der Waals surface area contributed by atoms with E-state index in [9.17, 15) is 19.5 Å². The molecule has 0 fully saturated rings. The van der Waals surface area contributed by atoms with Gasteiger partial charge in [0.05, 0.1) is 34.4 Å². The molecule has 282 valence electrons. The number of esters is 2. The van der Waals surface area contributed by atoms with Crippen LogP contribution in [0.2, 0.25) is 0 Å². The van der Waals surface area contributed by atoms with Gasteiger partial charge in [0.1, 0.15) is 6.61 Å². The van der Waals surface area contributed by atoms with Crippen molar-refractivity contribution in [3.05, 3.63) is 12.2 Å². The summed E-state index contributed by atoms with van der Waals surface area (Å²) in [7, 11) is 5.51. The first-order valence-electron chi connectivity index (χ1n) is 19.7. The maximum absolute atomic E-state index is 12.6. The third kappa shape index (κ3) is 30.2. The van der Waals surface area contributed by atoms with Gasteiger partial charge < -0.3 is 23.8 Å². The minimum Gasteiger partial charge on any atom is -0.477 e. The van der Waals surface area contributed by atoms with Crippen molar-refractivity contribution in [3.63, 3.8) is 0 Å². The Morgan fingerprint density at radius 2 is 1.06 bits per heavy atom. The number of carbonyl (C=O) groups is 3. The molecule has 0 aliphatic rings. The van der Waals surface area contributed by atoms with Gasteiger partial charge in [-0.25, -0.2) is 4.79 Å².